The molecule has 148 valence electrons. The number of hydrogen-bond acceptors (Lipinski definition) is 4. The zero-order chi connectivity index (χ0) is 20.1. The molecule has 0 aliphatic carbocycles. The van der Waals surface area contributed by atoms with E-state index in [0.29, 0.717) is 18.0 Å². The average molecular weight is 416 g/mol. The number of rotatable bonds is 8. The number of aromatic nitrogens is 1. The normalized spacial score (nSPS) is 11.3. The lowest BCUT2D eigenvalue weighted by Gasteiger charge is -2.21. The van der Waals surface area contributed by atoms with Crippen LogP contribution >= 0.6 is 22.9 Å². The second-order valence-corrected chi connectivity index (χ2v) is 8.70. The maximum absolute atomic E-state index is 13.1. The Balaban J connectivity index is 1.81. The van der Waals surface area contributed by atoms with Gasteiger partial charge in [0.05, 0.1) is 10.2 Å². The van der Waals surface area contributed by atoms with E-state index in [1.54, 1.807) is 0 Å². The van der Waals surface area contributed by atoms with Crippen molar-refractivity contribution < 1.29 is 4.79 Å². The number of amides is 1. The Labute approximate surface area is 175 Å². The first kappa shape index (κ1) is 20.8. The smallest absolute Gasteiger partial charge is 0.229 e. The summed E-state index contributed by atoms with van der Waals surface area (Å²) in [7, 11) is 4.09. The largest absolute Gasteiger partial charge is 0.309 e. The molecule has 0 saturated heterocycles. The van der Waals surface area contributed by atoms with E-state index >= 15 is 0 Å². The molecule has 28 heavy (non-hydrogen) atoms. The van der Waals surface area contributed by atoms with E-state index in [1.165, 1.54) is 16.9 Å². The Morgan fingerprint density at radius 1 is 1.14 bits per heavy atom. The molecule has 0 atom stereocenters. The molecule has 3 aromatic rings. The van der Waals surface area contributed by atoms with Gasteiger partial charge in [0, 0.05) is 18.0 Å². The monoisotopic (exact) mass is 415 g/mol. The number of benzene rings is 2. The summed E-state index contributed by atoms with van der Waals surface area (Å²) in [5.41, 5.74) is 3.14. The number of hydrogen-bond donors (Lipinski definition) is 0. The van der Waals surface area contributed by atoms with E-state index < -0.39 is 0 Å². The van der Waals surface area contributed by atoms with Gasteiger partial charge in [-0.05, 0) is 63.7 Å². The molecule has 1 amide bonds. The number of nitrogens with zero attached hydrogens (tertiary/aromatic N) is 3. The third-order valence-corrected chi connectivity index (χ3v) is 5.87. The molecule has 0 aliphatic rings. The number of halogens is 1. The third-order valence-electron chi connectivity index (χ3n) is 4.63. The van der Waals surface area contributed by atoms with Gasteiger partial charge in [-0.25, -0.2) is 4.98 Å². The second kappa shape index (κ2) is 9.50. The van der Waals surface area contributed by atoms with Gasteiger partial charge in [0.1, 0.15) is 0 Å². The third kappa shape index (κ3) is 5.31. The molecule has 0 fully saturated rings. The molecule has 6 heteroatoms. The van der Waals surface area contributed by atoms with Crippen LogP contribution in [0.15, 0.2) is 42.5 Å². The number of carbonyl (C=O) groups excluding carboxylic acids is 1. The van der Waals surface area contributed by atoms with Crippen LogP contribution in [0.2, 0.25) is 5.02 Å². The van der Waals surface area contributed by atoms with E-state index in [1.807, 2.05) is 56.3 Å². The summed E-state index contributed by atoms with van der Waals surface area (Å²) < 4.78 is 1.02. The molecule has 0 spiro atoms. The van der Waals surface area contributed by atoms with Gasteiger partial charge in [0.2, 0.25) is 5.91 Å². The van der Waals surface area contributed by atoms with Gasteiger partial charge in [-0.2, -0.15) is 0 Å². The van der Waals surface area contributed by atoms with Crippen LogP contribution in [-0.2, 0) is 11.2 Å². The van der Waals surface area contributed by atoms with Gasteiger partial charge in [-0.3, -0.25) is 9.69 Å². The first-order chi connectivity index (χ1) is 13.4. The lowest BCUT2D eigenvalue weighted by molar-refractivity contribution is -0.118. The van der Waals surface area contributed by atoms with Crippen LogP contribution in [0.5, 0.6) is 0 Å². The van der Waals surface area contributed by atoms with Gasteiger partial charge >= 0.3 is 0 Å². The van der Waals surface area contributed by atoms with Crippen molar-refractivity contribution in [2.75, 3.05) is 32.1 Å². The molecular weight excluding hydrogens is 390 g/mol. The lowest BCUT2D eigenvalue weighted by atomic mass is 10.1. The Bertz CT molecular complexity index is 940. The lowest BCUT2D eigenvalue weighted by Crippen LogP contribution is -2.33. The van der Waals surface area contributed by atoms with E-state index in [0.717, 1.165) is 40.3 Å². The first-order valence-electron chi connectivity index (χ1n) is 9.50. The van der Waals surface area contributed by atoms with E-state index in [9.17, 15) is 4.79 Å². The highest BCUT2D eigenvalue weighted by molar-refractivity contribution is 7.22. The van der Waals surface area contributed by atoms with Crippen molar-refractivity contribution in [2.24, 2.45) is 0 Å². The Kier molecular flexibility index (Phi) is 7.05. The van der Waals surface area contributed by atoms with Gasteiger partial charge in [-0.15, -0.1) is 0 Å². The van der Waals surface area contributed by atoms with Crippen molar-refractivity contribution in [1.82, 2.24) is 9.88 Å². The highest BCUT2D eigenvalue weighted by Gasteiger charge is 2.20. The standard InChI is InChI=1S/C22H26ClN3OS/c1-16-14-18(23)15-19-21(16)24-22(28-19)26(13-7-12-25(2)3)20(27)11-10-17-8-5-4-6-9-17/h4-6,8-9,14-15H,7,10-13H2,1-3H3. The van der Waals surface area contributed by atoms with Gasteiger partial charge in [-0.1, -0.05) is 53.3 Å². The van der Waals surface area contributed by atoms with Gasteiger partial charge in [0.25, 0.3) is 0 Å². The van der Waals surface area contributed by atoms with Crippen molar-refractivity contribution in [1.29, 1.82) is 0 Å². The predicted octanol–water partition coefficient (Wildman–Crippen LogP) is 5.18. The molecule has 1 heterocycles. The zero-order valence-electron chi connectivity index (χ0n) is 16.6. The Morgan fingerprint density at radius 3 is 2.61 bits per heavy atom. The summed E-state index contributed by atoms with van der Waals surface area (Å²) in [6, 6.07) is 14.0. The zero-order valence-corrected chi connectivity index (χ0v) is 18.2. The fourth-order valence-corrected chi connectivity index (χ4v) is 4.62. The van der Waals surface area contributed by atoms with Crippen molar-refractivity contribution in [3.63, 3.8) is 0 Å². The predicted molar refractivity (Wildman–Crippen MR) is 120 cm³/mol. The maximum atomic E-state index is 13.1. The average Bonchev–Trinajstić information content (AvgIpc) is 3.08. The highest BCUT2D eigenvalue weighted by atomic mass is 35.5. The minimum atomic E-state index is 0.116. The topological polar surface area (TPSA) is 36.4 Å². The SMILES string of the molecule is Cc1cc(Cl)cc2sc(N(CCCN(C)C)C(=O)CCc3ccccc3)nc12. The fraction of sp³-hybridized carbons (Fsp3) is 0.364. The van der Waals surface area contributed by atoms with E-state index in [-0.39, 0.29) is 5.91 Å². The molecule has 0 N–H and O–H groups in total. The number of carbonyl (C=O) groups is 1. The second-order valence-electron chi connectivity index (χ2n) is 7.25. The number of thiazole rings is 1. The van der Waals surface area contributed by atoms with Crippen molar-refractivity contribution in [3.05, 3.63) is 58.6 Å². The molecular formula is C22H26ClN3OS. The van der Waals surface area contributed by atoms with Crippen LogP contribution in [-0.4, -0.2) is 43.0 Å². The van der Waals surface area contributed by atoms with E-state index in [2.05, 4.69) is 17.0 Å². The molecule has 0 aliphatic heterocycles. The van der Waals surface area contributed by atoms with Crippen LogP contribution in [0.25, 0.3) is 10.2 Å². The highest BCUT2D eigenvalue weighted by Crippen LogP contribution is 2.33. The van der Waals surface area contributed by atoms with Crippen LogP contribution in [0.4, 0.5) is 5.13 Å². The van der Waals surface area contributed by atoms with Crippen LogP contribution in [0.1, 0.15) is 24.0 Å². The first-order valence-corrected chi connectivity index (χ1v) is 10.7. The number of aryl methyl sites for hydroxylation is 2. The number of anilines is 1. The quantitative estimate of drug-likeness (QED) is 0.508. The summed E-state index contributed by atoms with van der Waals surface area (Å²) in [5, 5.41) is 1.46. The van der Waals surface area contributed by atoms with Crippen LogP contribution in [0, 0.1) is 6.92 Å². The van der Waals surface area contributed by atoms with E-state index in [4.69, 9.17) is 16.6 Å². The molecule has 4 nitrogen and oxygen atoms in total. The number of fused-ring (bicyclic) bond motifs is 1. The van der Waals surface area contributed by atoms with Crippen molar-refractivity contribution in [3.8, 4) is 0 Å². The Morgan fingerprint density at radius 2 is 1.89 bits per heavy atom. The minimum absolute atomic E-state index is 0.116. The molecule has 0 bridgehead atoms. The summed E-state index contributed by atoms with van der Waals surface area (Å²) in [6.45, 7) is 3.60. The summed E-state index contributed by atoms with van der Waals surface area (Å²) in [4.78, 5) is 21.8. The summed E-state index contributed by atoms with van der Waals surface area (Å²) in [5.74, 6) is 0.116. The Hall–Kier alpha value is -1.95. The van der Waals surface area contributed by atoms with Crippen molar-refractivity contribution >= 4 is 44.2 Å². The molecule has 0 saturated carbocycles. The summed E-state index contributed by atoms with van der Waals surface area (Å²) in [6.07, 6.45) is 2.11. The van der Waals surface area contributed by atoms with Crippen LogP contribution < -0.4 is 4.90 Å². The minimum Gasteiger partial charge on any atom is -0.309 e. The molecule has 0 radical (unpaired) electrons. The molecule has 0 unspecified atom stereocenters. The fourth-order valence-electron chi connectivity index (χ4n) is 3.16. The van der Waals surface area contributed by atoms with Gasteiger partial charge in [0.15, 0.2) is 5.13 Å². The van der Waals surface area contributed by atoms with Crippen LogP contribution in [0.3, 0.4) is 0 Å². The molecule has 3 rings (SSSR count). The summed E-state index contributed by atoms with van der Waals surface area (Å²) >= 11 is 7.74. The molecule has 2 aromatic carbocycles. The molecule has 1 aromatic heterocycles. The van der Waals surface area contributed by atoms with Gasteiger partial charge < -0.3 is 4.90 Å². The van der Waals surface area contributed by atoms with Crippen molar-refractivity contribution in [2.45, 2.75) is 26.2 Å². The maximum Gasteiger partial charge on any atom is 0.229 e.